The minimum atomic E-state index is -0.957. The van der Waals surface area contributed by atoms with E-state index in [-0.39, 0.29) is 18.1 Å². The lowest BCUT2D eigenvalue weighted by atomic mass is 9.94. The van der Waals surface area contributed by atoms with Gasteiger partial charge in [-0.05, 0) is 19.3 Å². The summed E-state index contributed by atoms with van der Waals surface area (Å²) >= 11 is 0. The lowest BCUT2D eigenvalue weighted by molar-refractivity contribution is 0.0515. The molecule has 0 aliphatic heterocycles. The maximum absolute atomic E-state index is 11.7. The SMILES string of the molecule is CC(C)CC(C)(O)CNc1c(N)n(C)c(=O)[nH]c1=O. The van der Waals surface area contributed by atoms with Crippen LogP contribution in [0.3, 0.4) is 0 Å². The summed E-state index contributed by atoms with van der Waals surface area (Å²) in [5, 5.41) is 13.0. The van der Waals surface area contributed by atoms with Crippen molar-refractivity contribution in [2.24, 2.45) is 13.0 Å². The monoisotopic (exact) mass is 270 g/mol. The lowest BCUT2D eigenvalue weighted by Gasteiger charge is -2.26. The molecule has 7 nitrogen and oxygen atoms in total. The smallest absolute Gasteiger partial charge is 0.329 e. The Morgan fingerprint density at radius 1 is 1.47 bits per heavy atom. The van der Waals surface area contributed by atoms with Crippen LogP contribution in [0.25, 0.3) is 0 Å². The summed E-state index contributed by atoms with van der Waals surface area (Å²) in [7, 11) is 1.46. The zero-order chi connectivity index (χ0) is 14.8. The van der Waals surface area contributed by atoms with Gasteiger partial charge in [-0.25, -0.2) is 4.79 Å². The number of anilines is 2. The van der Waals surface area contributed by atoms with Gasteiger partial charge in [0, 0.05) is 13.6 Å². The van der Waals surface area contributed by atoms with Crippen LogP contribution >= 0.6 is 0 Å². The molecular weight excluding hydrogens is 248 g/mol. The Bertz CT molecular complexity index is 557. The van der Waals surface area contributed by atoms with E-state index in [1.807, 2.05) is 13.8 Å². The molecule has 108 valence electrons. The van der Waals surface area contributed by atoms with E-state index in [0.717, 1.165) is 4.57 Å². The first-order chi connectivity index (χ1) is 8.64. The first-order valence-electron chi connectivity index (χ1n) is 6.19. The van der Waals surface area contributed by atoms with Crippen molar-refractivity contribution in [2.45, 2.75) is 32.8 Å². The zero-order valence-corrected chi connectivity index (χ0v) is 11.8. The van der Waals surface area contributed by atoms with Crippen LogP contribution in [-0.4, -0.2) is 26.8 Å². The molecule has 1 rings (SSSR count). The molecule has 0 radical (unpaired) electrons. The van der Waals surface area contributed by atoms with Crippen molar-refractivity contribution in [1.29, 1.82) is 0 Å². The molecule has 0 aliphatic carbocycles. The van der Waals surface area contributed by atoms with Gasteiger partial charge in [0.2, 0.25) is 0 Å². The van der Waals surface area contributed by atoms with E-state index < -0.39 is 16.9 Å². The van der Waals surface area contributed by atoms with Crippen LogP contribution in [0.1, 0.15) is 27.2 Å². The van der Waals surface area contributed by atoms with E-state index >= 15 is 0 Å². The van der Waals surface area contributed by atoms with E-state index in [9.17, 15) is 14.7 Å². The Labute approximate surface area is 111 Å². The molecule has 0 fully saturated rings. The molecule has 0 bridgehead atoms. The molecule has 0 amide bonds. The topological polar surface area (TPSA) is 113 Å². The standard InChI is InChI=1S/C12H22N4O3/c1-7(2)5-12(3,19)6-14-8-9(13)16(4)11(18)15-10(8)17/h7,14,19H,5-6,13H2,1-4H3,(H,15,17,18). The van der Waals surface area contributed by atoms with Crippen molar-refractivity contribution in [1.82, 2.24) is 9.55 Å². The maximum Gasteiger partial charge on any atom is 0.329 e. The van der Waals surface area contributed by atoms with Gasteiger partial charge in [-0.3, -0.25) is 14.3 Å². The summed E-state index contributed by atoms with van der Waals surface area (Å²) in [6.45, 7) is 5.87. The van der Waals surface area contributed by atoms with Crippen LogP contribution in [0.2, 0.25) is 0 Å². The second-order valence-corrected chi connectivity index (χ2v) is 5.53. The fourth-order valence-electron chi connectivity index (χ4n) is 2.04. The minimum absolute atomic E-state index is 0.0501. The van der Waals surface area contributed by atoms with E-state index in [1.165, 1.54) is 7.05 Å². The number of hydrogen-bond acceptors (Lipinski definition) is 5. The van der Waals surface area contributed by atoms with Crippen LogP contribution < -0.4 is 22.3 Å². The number of aliphatic hydroxyl groups is 1. The van der Waals surface area contributed by atoms with E-state index in [4.69, 9.17) is 5.73 Å². The third-order valence-electron chi connectivity index (χ3n) is 2.86. The summed E-state index contributed by atoms with van der Waals surface area (Å²) in [5.41, 5.74) is 3.71. The van der Waals surface area contributed by atoms with Gasteiger partial charge in [0.25, 0.3) is 5.56 Å². The molecule has 5 N–H and O–H groups in total. The number of nitrogens with two attached hydrogens (primary N) is 1. The summed E-state index contributed by atoms with van der Waals surface area (Å²) in [6.07, 6.45) is 0.587. The molecule has 1 aromatic heterocycles. The molecule has 0 saturated heterocycles. The van der Waals surface area contributed by atoms with Crippen LogP contribution in [0.4, 0.5) is 11.5 Å². The van der Waals surface area contributed by atoms with Gasteiger partial charge < -0.3 is 16.2 Å². The molecule has 0 aliphatic rings. The Morgan fingerprint density at radius 2 is 2.05 bits per heavy atom. The van der Waals surface area contributed by atoms with Crippen molar-refractivity contribution in [3.63, 3.8) is 0 Å². The fourth-order valence-corrected chi connectivity index (χ4v) is 2.04. The number of aromatic amines is 1. The highest BCUT2D eigenvalue weighted by Gasteiger charge is 2.22. The second kappa shape index (κ2) is 5.48. The van der Waals surface area contributed by atoms with Crippen molar-refractivity contribution in [3.05, 3.63) is 20.8 Å². The zero-order valence-electron chi connectivity index (χ0n) is 11.8. The fraction of sp³-hybridized carbons (Fsp3) is 0.667. The van der Waals surface area contributed by atoms with Crippen molar-refractivity contribution in [3.8, 4) is 0 Å². The van der Waals surface area contributed by atoms with Crippen LogP contribution in [0.15, 0.2) is 9.59 Å². The number of nitrogens with one attached hydrogen (secondary N) is 2. The quantitative estimate of drug-likeness (QED) is 0.595. The summed E-state index contributed by atoms with van der Waals surface area (Å²) in [4.78, 5) is 25.1. The molecule has 7 heteroatoms. The number of aromatic nitrogens is 2. The van der Waals surface area contributed by atoms with Gasteiger partial charge in [0.15, 0.2) is 0 Å². The maximum atomic E-state index is 11.7. The van der Waals surface area contributed by atoms with E-state index in [1.54, 1.807) is 6.92 Å². The molecule has 1 aromatic rings. The summed E-state index contributed by atoms with van der Waals surface area (Å²) < 4.78 is 1.14. The highest BCUT2D eigenvalue weighted by Crippen LogP contribution is 2.17. The number of nitrogen functional groups attached to an aromatic ring is 1. The average molecular weight is 270 g/mol. The average Bonchev–Trinajstić information content (AvgIpc) is 2.24. The Morgan fingerprint density at radius 3 is 2.58 bits per heavy atom. The van der Waals surface area contributed by atoms with Gasteiger partial charge >= 0.3 is 5.69 Å². The molecule has 0 saturated carbocycles. The normalized spacial score (nSPS) is 14.4. The number of nitrogens with zero attached hydrogens (tertiary/aromatic N) is 1. The molecule has 1 heterocycles. The highest BCUT2D eigenvalue weighted by atomic mass is 16.3. The van der Waals surface area contributed by atoms with Gasteiger partial charge in [-0.2, -0.15) is 0 Å². The predicted octanol–water partition coefficient (Wildman–Crippen LogP) is -0.135. The number of H-pyrrole nitrogens is 1. The first-order valence-corrected chi connectivity index (χ1v) is 6.19. The lowest BCUT2D eigenvalue weighted by Crippen LogP contribution is -2.38. The van der Waals surface area contributed by atoms with Gasteiger partial charge in [0.1, 0.15) is 11.5 Å². The number of rotatable bonds is 5. The Kier molecular flexibility index (Phi) is 4.41. The number of hydrogen-bond donors (Lipinski definition) is 4. The largest absolute Gasteiger partial charge is 0.388 e. The van der Waals surface area contributed by atoms with Crippen molar-refractivity contribution in [2.75, 3.05) is 17.6 Å². The van der Waals surface area contributed by atoms with Crippen LogP contribution in [0, 0.1) is 5.92 Å². The van der Waals surface area contributed by atoms with Gasteiger partial charge in [0.05, 0.1) is 5.60 Å². The van der Waals surface area contributed by atoms with Crippen LogP contribution in [-0.2, 0) is 7.05 Å². The van der Waals surface area contributed by atoms with Crippen LogP contribution in [0.5, 0.6) is 0 Å². The predicted molar refractivity (Wildman–Crippen MR) is 75.3 cm³/mol. The second-order valence-electron chi connectivity index (χ2n) is 5.53. The molecule has 1 atom stereocenters. The highest BCUT2D eigenvalue weighted by molar-refractivity contribution is 5.60. The van der Waals surface area contributed by atoms with E-state index in [0.29, 0.717) is 12.3 Å². The summed E-state index contributed by atoms with van der Waals surface area (Å²) in [6, 6.07) is 0. The van der Waals surface area contributed by atoms with E-state index in [2.05, 4.69) is 10.3 Å². The molecule has 0 spiro atoms. The molecule has 1 unspecified atom stereocenters. The molecular formula is C12H22N4O3. The van der Waals surface area contributed by atoms with Crippen molar-refractivity contribution >= 4 is 11.5 Å². The van der Waals surface area contributed by atoms with Gasteiger partial charge in [-0.1, -0.05) is 13.8 Å². The molecule has 0 aromatic carbocycles. The minimum Gasteiger partial charge on any atom is -0.388 e. The summed E-state index contributed by atoms with van der Waals surface area (Å²) in [5.74, 6) is 0.377. The Balaban J connectivity index is 2.93. The molecule has 19 heavy (non-hydrogen) atoms. The van der Waals surface area contributed by atoms with Crippen molar-refractivity contribution < 1.29 is 5.11 Å². The van der Waals surface area contributed by atoms with Gasteiger partial charge in [-0.15, -0.1) is 0 Å². The third kappa shape index (κ3) is 3.85. The Hall–Kier alpha value is -1.76. The first kappa shape index (κ1) is 15.3. The third-order valence-corrected chi connectivity index (χ3v) is 2.86.